The number of H-pyrrole nitrogens is 1. The van der Waals surface area contributed by atoms with Gasteiger partial charge in [0.05, 0.1) is 0 Å². The number of rotatable bonds is 3. The molecule has 7 heteroatoms. The van der Waals surface area contributed by atoms with Crippen molar-refractivity contribution >= 4 is 17.6 Å². The molecule has 0 spiro atoms. The minimum absolute atomic E-state index is 0.0693. The summed E-state index contributed by atoms with van der Waals surface area (Å²) in [5.41, 5.74) is 12.0. The molecule has 0 aromatic carbocycles. The molecule has 0 bridgehead atoms. The van der Waals surface area contributed by atoms with Gasteiger partial charge in [0.1, 0.15) is 10.8 Å². The second-order valence-corrected chi connectivity index (χ2v) is 4.80. The van der Waals surface area contributed by atoms with Gasteiger partial charge in [-0.1, -0.05) is 0 Å². The van der Waals surface area contributed by atoms with Crippen LogP contribution in [0.3, 0.4) is 0 Å². The van der Waals surface area contributed by atoms with Gasteiger partial charge in [-0.3, -0.25) is 4.79 Å². The van der Waals surface area contributed by atoms with Gasteiger partial charge in [-0.15, -0.1) is 0 Å². The number of anilines is 1. The van der Waals surface area contributed by atoms with Crippen LogP contribution in [0.15, 0.2) is 39.4 Å². The Labute approximate surface area is 108 Å². The van der Waals surface area contributed by atoms with E-state index < -0.39 is 0 Å². The van der Waals surface area contributed by atoms with Gasteiger partial charge < -0.3 is 16.5 Å². The topological polar surface area (TPSA) is 111 Å². The van der Waals surface area contributed by atoms with Gasteiger partial charge >= 0.3 is 0 Å². The van der Waals surface area contributed by atoms with E-state index in [9.17, 15) is 4.79 Å². The number of pyridine rings is 1. The maximum absolute atomic E-state index is 11.2. The first kappa shape index (κ1) is 12.6. The van der Waals surface area contributed by atoms with E-state index >= 15 is 0 Å². The Kier molecular flexibility index (Phi) is 3.63. The standard InChI is InChI=1S/C11H13N5OS/c1-6(12)7-2-3-14-10(4-7)18-11-15-8(13)5-9(17)16-11/h2-6H,12H2,1H3,(H3,13,15,16,17)/t6-/m0/s1. The van der Waals surface area contributed by atoms with Crippen molar-refractivity contribution in [3.05, 3.63) is 40.3 Å². The van der Waals surface area contributed by atoms with E-state index in [1.165, 1.54) is 17.8 Å². The van der Waals surface area contributed by atoms with E-state index in [-0.39, 0.29) is 17.4 Å². The summed E-state index contributed by atoms with van der Waals surface area (Å²) in [6.45, 7) is 1.89. The Morgan fingerprint density at radius 3 is 2.89 bits per heavy atom. The molecule has 2 aromatic rings. The van der Waals surface area contributed by atoms with Crippen LogP contribution in [0.25, 0.3) is 0 Å². The summed E-state index contributed by atoms with van der Waals surface area (Å²) in [7, 11) is 0. The van der Waals surface area contributed by atoms with Crippen LogP contribution in [0.2, 0.25) is 0 Å². The van der Waals surface area contributed by atoms with Crippen LogP contribution in [-0.4, -0.2) is 15.0 Å². The van der Waals surface area contributed by atoms with Gasteiger partial charge in [0.2, 0.25) is 0 Å². The Hall–Kier alpha value is -1.86. The average molecular weight is 263 g/mol. The molecule has 0 aliphatic carbocycles. The zero-order valence-electron chi connectivity index (χ0n) is 9.75. The predicted octanol–water partition coefficient (Wildman–Crippen LogP) is 0.918. The summed E-state index contributed by atoms with van der Waals surface area (Å²) < 4.78 is 0. The summed E-state index contributed by atoms with van der Waals surface area (Å²) in [6, 6.07) is 4.87. The minimum atomic E-state index is -0.284. The van der Waals surface area contributed by atoms with Crippen LogP contribution in [-0.2, 0) is 0 Å². The third kappa shape index (κ3) is 3.08. The molecule has 1 atom stereocenters. The quantitative estimate of drug-likeness (QED) is 0.710. The number of aromatic amines is 1. The molecule has 0 saturated heterocycles. The summed E-state index contributed by atoms with van der Waals surface area (Å²) in [6.07, 6.45) is 1.67. The van der Waals surface area contributed by atoms with Crippen molar-refractivity contribution in [2.75, 3.05) is 5.73 Å². The van der Waals surface area contributed by atoms with Crippen LogP contribution in [0.4, 0.5) is 5.82 Å². The first-order chi connectivity index (χ1) is 8.54. The molecule has 0 amide bonds. The maximum Gasteiger partial charge on any atom is 0.253 e. The smallest absolute Gasteiger partial charge is 0.253 e. The third-order valence-corrected chi connectivity index (χ3v) is 3.04. The van der Waals surface area contributed by atoms with E-state index in [2.05, 4.69) is 15.0 Å². The fraction of sp³-hybridized carbons (Fsp3) is 0.182. The van der Waals surface area contributed by atoms with Gasteiger partial charge in [0.25, 0.3) is 5.56 Å². The van der Waals surface area contributed by atoms with Crippen molar-refractivity contribution < 1.29 is 0 Å². The molecule has 2 aromatic heterocycles. The van der Waals surface area contributed by atoms with Crippen molar-refractivity contribution in [2.24, 2.45) is 5.73 Å². The molecular weight excluding hydrogens is 250 g/mol. The minimum Gasteiger partial charge on any atom is -0.383 e. The number of nitrogens with two attached hydrogens (primary N) is 2. The van der Waals surface area contributed by atoms with E-state index in [1.54, 1.807) is 6.20 Å². The summed E-state index contributed by atoms with van der Waals surface area (Å²) in [5, 5.41) is 1.12. The van der Waals surface area contributed by atoms with Crippen LogP contribution < -0.4 is 17.0 Å². The Bertz CT molecular complexity index is 610. The summed E-state index contributed by atoms with van der Waals surface area (Å²) in [5.74, 6) is 0.185. The molecule has 0 fully saturated rings. The highest BCUT2D eigenvalue weighted by molar-refractivity contribution is 7.99. The molecule has 0 unspecified atom stereocenters. The lowest BCUT2D eigenvalue weighted by atomic mass is 10.1. The Morgan fingerprint density at radius 2 is 2.22 bits per heavy atom. The number of nitrogen functional groups attached to an aromatic ring is 1. The highest BCUT2D eigenvalue weighted by atomic mass is 32.2. The lowest BCUT2D eigenvalue weighted by Gasteiger charge is -2.06. The summed E-state index contributed by atoms with van der Waals surface area (Å²) in [4.78, 5) is 22.0. The zero-order chi connectivity index (χ0) is 13.1. The fourth-order valence-corrected chi connectivity index (χ4v) is 2.17. The second kappa shape index (κ2) is 5.19. The zero-order valence-corrected chi connectivity index (χ0v) is 10.6. The maximum atomic E-state index is 11.2. The third-order valence-electron chi connectivity index (χ3n) is 2.23. The van der Waals surface area contributed by atoms with Crippen LogP contribution in [0.5, 0.6) is 0 Å². The first-order valence-electron chi connectivity index (χ1n) is 5.31. The van der Waals surface area contributed by atoms with E-state index in [4.69, 9.17) is 11.5 Å². The molecule has 5 N–H and O–H groups in total. The van der Waals surface area contributed by atoms with Gasteiger partial charge in [-0.2, -0.15) is 0 Å². The molecule has 2 heterocycles. The van der Waals surface area contributed by atoms with Gasteiger partial charge in [-0.05, 0) is 36.4 Å². The number of hydrogen-bond acceptors (Lipinski definition) is 6. The molecule has 94 valence electrons. The van der Waals surface area contributed by atoms with E-state index in [0.29, 0.717) is 10.2 Å². The molecule has 6 nitrogen and oxygen atoms in total. The highest BCUT2D eigenvalue weighted by Crippen LogP contribution is 2.24. The number of nitrogens with one attached hydrogen (secondary N) is 1. The molecule has 0 aliphatic rings. The number of nitrogens with zero attached hydrogens (tertiary/aromatic N) is 2. The first-order valence-corrected chi connectivity index (χ1v) is 6.12. The van der Waals surface area contributed by atoms with E-state index in [1.807, 2.05) is 19.1 Å². The normalized spacial score (nSPS) is 12.3. The van der Waals surface area contributed by atoms with Crippen molar-refractivity contribution in [1.29, 1.82) is 0 Å². The van der Waals surface area contributed by atoms with E-state index in [0.717, 1.165) is 5.56 Å². The Balaban J connectivity index is 2.28. The fourth-order valence-electron chi connectivity index (χ4n) is 1.36. The average Bonchev–Trinajstić information content (AvgIpc) is 2.27. The second-order valence-electron chi connectivity index (χ2n) is 3.79. The Morgan fingerprint density at radius 1 is 1.44 bits per heavy atom. The molecule has 2 rings (SSSR count). The van der Waals surface area contributed by atoms with Crippen molar-refractivity contribution in [1.82, 2.24) is 15.0 Å². The highest BCUT2D eigenvalue weighted by Gasteiger charge is 2.05. The lowest BCUT2D eigenvalue weighted by Crippen LogP contribution is -2.09. The van der Waals surface area contributed by atoms with Crippen LogP contribution in [0, 0.1) is 0 Å². The van der Waals surface area contributed by atoms with Crippen LogP contribution >= 0.6 is 11.8 Å². The monoisotopic (exact) mass is 263 g/mol. The van der Waals surface area contributed by atoms with Crippen molar-refractivity contribution in [3.8, 4) is 0 Å². The molecule has 0 saturated carbocycles. The van der Waals surface area contributed by atoms with Crippen molar-refractivity contribution in [2.45, 2.75) is 23.1 Å². The van der Waals surface area contributed by atoms with Gasteiger partial charge in [-0.25, -0.2) is 9.97 Å². The molecule has 18 heavy (non-hydrogen) atoms. The predicted molar refractivity (Wildman–Crippen MR) is 70.2 cm³/mol. The number of hydrogen-bond donors (Lipinski definition) is 3. The SMILES string of the molecule is C[C@H](N)c1ccnc(Sc2nc(N)cc(=O)[nH]2)c1. The summed E-state index contributed by atoms with van der Waals surface area (Å²) >= 11 is 1.23. The largest absolute Gasteiger partial charge is 0.383 e. The lowest BCUT2D eigenvalue weighted by molar-refractivity contribution is 0.807. The molecule has 0 radical (unpaired) electrons. The molecular formula is C11H13N5OS. The van der Waals surface area contributed by atoms with Crippen molar-refractivity contribution in [3.63, 3.8) is 0 Å². The molecule has 0 aliphatic heterocycles. The number of aromatic nitrogens is 3. The van der Waals surface area contributed by atoms with Gasteiger partial charge in [0.15, 0.2) is 5.16 Å². The van der Waals surface area contributed by atoms with Gasteiger partial charge in [0, 0.05) is 18.3 Å². The van der Waals surface area contributed by atoms with Crippen LogP contribution in [0.1, 0.15) is 18.5 Å².